The van der Waals surface area contributed by atoms with Crippen molar-refractivity contribution in [2.24, 2.45) is 0 Å². The van der Waals surface area contributed by atoms with E-state index in [1.165, 1.54) is 12.1 Å². The van der Waals surface area contributed by atoms with E-state index >= 15 is 0 Å². The van der Waals surface area contributed by atoms with Gasteiger partial charge in [-0.3, -0.25) is 19.2 Å². The van der Waals surface area contributed by atoms with Gasteiger partial charge in [0.2, 0.25) is 17.7 Å². The number of ketones is 1. The maximum absolute atomic E-state index is 13.8. The van der Waals surface area contributed by atoms with Gasteiger partial charge in [-0.15, -0.1) is 0 Å². The van der Waals surface area contributed by atoms with Crippen molar-refractivity contribution in [2.45, 2.75) is 86.6 Å². The van der Waals surface area contributed by atoms with E-state index in [0.717, 1.165) is 37.5 Å². The smallest absolute Gasteiger partial charge is 0.245 e. The molecule has 4 rings (SSSR count). The lowest BCUT2D eigenvalue weighted by Crippen LogP contribution is -2.58. The van der Waals surface area contributed by atoms with E-state index in [1.807, 2.05) is 0 Å². The summed E-state index contributed by atoms with van der Waals surface area (Å²) in [5, 5.41) is 21.0. The zero-order chi connectivity index (χ0) is 32.6. The SMILES string of the molecule is C[C@]1(C(=O)[C@H](CC2=CCCCC2)NC(=O)[C@H](Cc2ccc(S(C)(=O)=O)cc2)NC(=O)[C@H](CO)NC(=O)CC2CNCCO2)CO1. The highest BCUT2D eigenvalue weighted by Crippen LogP contribution is 2.31. The van der Waals surface area contributed by atoms with Gasteiger partial charge < -0.3 is 35.8 Å². The maximum Gasteiger partial charge on any atom is 0.245 e. The summed E-state index contributed by atoms with van der Waals surface area (Å²) in [5.74, 6) is -2.19. The van der Waals surface area contributed by atoms with Crippen molar-refractivity contribution < 1.29 is 42.2 Å². The second kappa shape index (κ2) is 15.4. The molecule has 0 bridgehead atoms. The topological polar surface area (TPSA) is 193 Å². The number of aliphatic hydroxyl groups is 1. The molecule has 5 N–H and O–H groups in total. The Morgan fingerprint density at radius 3 is 2.29 bits per heavy atom. The van der Waals surface area contributed by atoms with Gasteiger partial charge in [0.1, 0.15) is 17.7 Å². The summed E-state index contributed by atoms with van der Waals surface area (Å²) in [7, 11) is -3.45. The number of hydrogen-bond acceptors (Lipinski definition) is 10. The molecule has 5 atom stereocenters. The van der Waals surface area contributed by atoms with E-state index in [0.29, 0.717) is 31.7 Å². The molecule has 2 saturated heterocycles. The van der Waals surface area contributed by atoms with Crippen molar-refractivity contribution in [3.63, 3.8) is 0 Å². The van der Waals surface area contributed by atoms with Crippen LogP contribution in [-0.4, -0.2) is 106 Å². The van der Waals surface area contributed by atoms with Crippen LogP contribution in [0.1, 0.15) is 51.0 Å². The quantitative estimate of drug-likeness (QED) is 0.125. The number of nitrogens with one attached hydrogen (secondary N) is 4. The van der Waals surface area contributed by atoms with Crippen LogP contribution in [0.4, 0.5) is 0 Å². The molecule has 0 saturated carbocycles. The number of ether oxygens (including phenoxy) is 2. The van der Waals surface area contributed by atoms with E-state index in [9.17, 15) is 32.7 Å². The first-order valence-corrected chi connectivity index (χ1v) is 17.3. The van der Waals surface area contributed by atoms with Gasteiger partial charge in [-0.05, 0) is 56.7 Å². The second-order valence-corrected chi connectivity index (χ2v) is 14.2. The fraction of sp³-hybridized carbons (Fsp3) is 0.613. The Morgan fingerprint density at radius 1 is 1.02 bits per heavy atom. The second-order valence-electron chi connectivity index (χ2n) is 12.1. The number of amides is 3. The number of carbonyl (C=O) groups is 4. The van der Waals surface area contributed by atoms with Crippen LogP contribution < -0.4 is 21.3 Å². The van der Waals surface area contributed by atoms with Crippen LogP contribution in [-0.2, 0) is 44.9 Å². The number of benzene rings is 1. The molecule has 14 heteroatoms. The Balaban J connectivity index is 1.51. The van der Waals surface area contributed by atoms with Gasteiger partial charge in [0, 0.05) is 25.8 Å². The third-order valence-corrected chi connectivity index (χ3v) is 9.39. The normalized spacial score (nSPS) is 23.5. The third kappa shape index (κ3) is 10.2. The van der Waals surface area contributed by atoms with Crippen molar-refractivity contribution in [3.05, 3.63) is 41.5 Å². The molecule has 1 aromatic carbocycles. The van der Waals surface area contributed by atoms with Gasteiger partial charge in [-0.25, -0.2) is 8.42 Å². The van der Waals surface area contributed by atoms with Gasteiger partial charge in [-0.2, -0.15) is 0 Å². The number of hydrogen-bond donors (Lipinski definition) is 5. The van der Waals surface area contributed by atoms with Crippen LogP contribution >= 0.6 is 0 Å². The summed E-state index contributed by atoms with van der Waals surface area (Å²) in [6, 6.07) is 2.45. The Hall–Kier alpha value is -3.17. The van der Waals surface area contributed by atoms with Gasteiger partial charge in [0.05, 0.1) is 43.3 Å². The molecule has 45 heavy (non-hydrogen) atoms. The maximum atomic E-state index is 13.8. The number of allylic oxidation sites excluding steroid dienone is 1. The van der Waals surface area contributed by atoms with E-state index in [2.05, 4.69) is 27.3 Å². The molecule has 1 aliphatic carbocycles. The lowest BCUT2D eigenvalue weighted by atomic mass is 9.89. The molecule has 0 aromatic heterocycles. The Labute approximate surface area is 263 Å². The first kappa shape index (κ1) is 34.7. The average Bonchev–Trinajstić information content (AvgIpc) is 3.77. The van der Waals surface area contributed by atoms with E-state index in [4.69, 9.17) is 9.47 Å². The summed E-state index contributed by atoms with van der Waals surface area (Å²) in [6.07, 6.45) is 6.84. The highest BCUT2D eigenvalue weighted by atomic mass is 32.2. The lowest BCUT2D eigenvalue weighted by Gasteiger charge is -2.27. The summed E-state index contributed by atoms with van der Waals surface area (Å²) >= 11 is 0. The number of morpholine rings is 1. The minimum Gasteiger partial charge on any atom is -0.394 e. The molecule has 2 aliphatic heterocycles. The van der Waals surface area contributed by atoms with Crippen molar-refractivity contribution in [3.8, 4) is 0 Å². The third-order valence-electron chi connectivity index (χ3n) is 8.26. The van der Waals surface area contributed by atoms with Crippen LogP contribution in [0.5, 0.6) is 0 Å². The first-order valence-electron chi connectivity index (χ1n) is 15.4. The highest BCUT2D eigenvalue weighted by molar-refractivity contribution is 7.90. The van der Waals surface area contributed by atoms with Crippen molar-refractivity contribution in [2.75, 3.05) is 39.2 Å². The van der Waals surface area contributed by atoms with Crippen molar-refractivity contribution in [1.82, 2.24) is 21.3 Å². The van der Waals surface area contributed by atoms with Crippen LogP contribution in [0.3, 0.4) is 0 Å². The first-order chi connectivity index (χ1) is 21.4. The number of rotatable bonds is 15. The molecule has 13 nitrogen and oxygen atoms in total. The number of epoxide rings is 1. The number of sulfone groups is 1. The molecule has 3 amide bonds. The van der Waals surface area contributed by atoms with E-state index in [-0.39, 0.29) is 36.2 Å². The molecule has 2 fully saturated rings. The zero-order valence-corrected chi connectivity index (χ0v) is 26.6. The number of aliphatic hydroxyl groups excluding tert-OH is 1. The van der Waals surface area contributed by atoms with Crippen LogP contribution in [0.2, 0.25) is 0 Å². The molecule has 3 aliphatic rings. The minimum absolute atomic E-state index is 0.0200. The lowest BCUT2D eigenvalue weighted by molar-refractivity contribution is -0.135. The van der Waals surface area contributed by atoms with Gasteiger partial charge >= 0.3 is 0 Å². The van der Waals surface area contributed by atoms with Crippen molar-refractivity contribution >= 4 is 33.3 Å². The molecule has 0 radical (unpaired) electrons. The van der Waals surface area contributed by atoms with Crippen molar-refractivity contribution in [1.29, 1.82) is 0 Å². The molecular formula is C31H44N4O9S. The standard InChI is InChI=1S/C31H44N4O9S/c1-31(19-44-31)28(38)24(14-20-6-4-3-5-7-20)34-29(39)25(15-21-8-10-23(11-9-21)45(2,41)42)35-30(40)26(18-36)33-27(37)16-22-17-32-12-13-43-22/h6,8-11,22,24-26,32,36H,3-5,7,12-19H2,1-2H3,(H,33,37)(H,34,39)(H,35,40)/t22?,24-,25-,26-,31+/m0/s1. The average molecular weight is 649 g/mol. The Kier molecular flexibility index (Phi) is 11.9. The van der Waals surface area contributed by atoms with Gasteiger partial charge in [0.15, 0.2) is 15.6 Å². The molecule has 0 spiro atoms. The highest BCUT2D eigenvalue weighted by Gasteiger charge is 2.50. The Morgan fingerprint density at radius 2 is 1.71 bits per heavy atom. The van der Waals surface area contributed by atoms with Crippen LogP contribution in [0, 0.1) is 0 Å². The van der Waals surface area contributed by atoms with Crippen LogP contribution in [0.15, 0.2) is 40.8 Å². The van der Waals surface area contributed by atoms with E-state index < -0.39 is 57.9 Å². The molecule has 248 valence electrons. The molecular weight excluding hydrogens is 604 g/mol. The fourth-order valence-electron chi connectivity index (χ4n) is 5.45. The number of Topliss-reactive ketones (excluding diaryl/α,β-unsaturated/α-hetero) is 1. The largest absolute Gasteiger partial charge is 0.394 e. The van der Waals surface area contributed by atoms with Gasteiger partial charge in [-0.1, -0.05) is 23.8 Å². The number of carbonyl (C=O) groups excluding carboxylic acids is 4. The predicted molar refractivity (Wildman–Crippen MR) is 164 cm³/mol. The minimum atomic E-state index is -3.45. The summed E-state index contributed by atoms with van der Waals surface area (Å²) in [5.41, 5.74) is 0.628. The molecule has 1 unspecified atom stereocenters. The summed E-state index contributed by atoms with van der Waals surface area (Å²) in [6.45, 7) is 2.82. The fourth-order valence-corrected chi connectivity index (χ4v) is 6.08. The molecule has 1 aromatic rings. The van der Waals surface area contributed by atoms with Gasteiger partial charge in [0.25, 0.3) is 0 Å². The molecule has 2 heterocycles. The monoisotopic (exact) mass is 648 g/mol. The summed E-state index contributed by atoms with van der Waals surface area (Å²) in [4.78, 5) is 53.2. The predicted octanol–water partition coefficient (Wildman–Crippen LogP) is -0.294. The van der Waals surface area contributed by atoms with Crippen LogP contribution in [0.25, 0.3) is 0 Å². The zero-order valence-electron chi connectivity index (χ0n) is 25.8. The van der Waals surface area contributed by atoms with E-state index in [1.54, 1.807) is 19.1 Å². The Bertz CT molecular complexity index is 1370. The summed E-state index contributed by atoms with van der Waals surface area (Å²) < 4.78 is 34.8.